The van der Waals surface area contributed by atoms with Gasteiger partial charge in [-0.15, -0.1) is 0 Å². The number of phosphoric acid groups is 1. The molecule has 0 rings (SSSR count). The Kier molecular flexibility index (Phi) is 56.2. The fourth-order valence-corrected chi connectivity index (χ4v) is 9.52. The Labute approximate surface area is 465 Å². The predicted molar refractivity (Wildman–Crippen MR) is 316 cm³/mol. The van der Waals surface area contributed by atoms with Crippen molar-refractivity contribution in [2.75, 3.05) is 26.4 Å². The second-order valence-electron chi connectivity index (χ2n) is 20.9. The molecule has 76 heavy (non-hydrogen) atoms. The summed E-state index contributed by atoms with van der Waals surface area (Å²) in [5.41, 5.74) is 0. The second kappa shape index (κ2) is 58.3. The molecule has 0 bridgehead atoms. The molecule has 11 nitrogen and oxygen atoms in total. The lowest BCUT2D eigenvalue weighted by Crippen LogP contribution is -2.30. The van der Waals surface area contributed by atoms with Gasteiger partial charge < -0.3 is 24.2 Å². The molecular weight excluding hydrogens is 976 g/mol. The summed E-state index contributed by atoms with van der Waals surface area (Å²) in [7, 11) is -4.76. The number of allylic oxidation sites excluding steroid dienone is 10. The van der Waals surface area contributed by atoms with Crippen LogP contribution < -0.4 is 0 Å². The minimum atomic E-state index is -4.76. The van der Waals surface area contributed by atoms with Crippen molar-refractivity contribution < 1.29 is 52.2 Å². The Bertz CT molecular complexity index is 1510. The van der Waals surface area contributed by atoms with E-state index in [-0.39, 0.29) is 25.9 Å². The summed E-state index contributed by atoms with van der Waals surface area (Å²) in [6, 6.07) is 0. The number of ether oxygens (including phenoxy) is 3. The molecule has 3 atom stereocenters. The van der Waals surface area contributed by atoms with Crippen LogP contribution in [-0.2, 0) is 42.2 Å². The molecule has 0 radical (unpaired) electrons. The van der Waals surface area contributed by atoms with Crippen LogP contribution in [0, 0.1) is 0 Å². The summed E-state index contributed by atoms with van der Waals surface area (Å²) in [5, 5.41) is 9.83. The molecule has 0 spiro atoms. The molecule has 0 saturated heterocycles. The van der Waals surface area contributed by atoms with E-state index in [1.54, 1.807) is 0 Å². The molecule has 0 amide bonds. The van der Waals surface area contributed by atoms with Crippen LogP contribution >= 0.6 is 7.82 Å². The fraction of sp³-hybridized carbons (Fsp3) is 0.797. The van der Waals surface area contributed by atoms with Gasteiger partial charge >= 0.3 is 25.7 Å². The number of hydrogen-bond donors (Lipinski definition) is 2. The van der Waals surface area contributed by atoms with Crippen LogP contribution in [0.1, 0.15) is 290 Å². The van der Waals surface area contributed by atoms with E-state index >= 15 is 0 Å². The maximum atomic E-state index is 12.9. The van der Waals surface area contributed by atoms with E-state index in [0.717, 1.165) is 89.9 Å². The van der Waals surface area contributed by atoms with Gasteiger partial charge in [-0.2, -0.15) is 0 Å². The van der Waals surface area contributed by atoms with E-state index in [9.17, 15) is 28.9 Å². The van der Waals surface area contributed by atoms with Crippen LogP contribution in [0.15, 0.2) is 60.8 Å². The van der Waals surface area contributed by atoms with Crippen LogP contribution in [-0.4, -0.2) is 66.5 Å². The highest BCUT2D eigenvalue weighted by Crippen LogP contribution is 2.43. The van der Waals surface area contributed by atoms with E-state index in [0.29, 0.717) is 19.3 Å². The monoisotopic (exact) mass is 1090 g/mol. The van der Waals surface area contributed by atoms with Crippen LogP contribution in [0.2, 0.25) is 0 Å². The zero-order chi connectivity index (χ0) is 55.5. The molecule has 12 heteroatoms. The van der Waals surface area contributed by atoms with Crippen molar-refractivity contribution in [3.8, 4) is 0 Å². The van der Waals surface area contributed by atoms with Crippen molar-refractivity contribution >= 4 is 25.7 Å². The lowest BCUT2D eigenvalue weighted by Gasteiger charge is -2.21. The summed E-state index contributed by atoms with van der Waals surface area (Å²) in [4.78, 5) is 48.7. The van der Waals surface area contributed by atoms with Crippen LogP contribution in [0.5, 0.6) is 0 Å². The van der Waals surface area contributed by atoms with Crippen molar-refractivity contribution in [3.05, 3.63) is 60.8 Å². The van der Waals surface area contributed by atoms with Crippen LogP contribution in [0.4, 0.5) is 0 Å². The first-order chi connectivity index (χ1) is 37.2. The Morgan fingerprint density at radius 2 is 0.684 bits per heavy atom. The normalized spacial score (nSPS) is 13.7. The molecule has 0 heterocycles. The van der Waals surface area contributed by atoms with Gasteiger partial charge in [-0.05, 0) is 64.2 Å². The standard InChI is InChI=1S/C64H115O11P/c1-4-7-10-13-16-19-22-25-27-29-30-32-34-37-40-43-46-49-52-55-64(68)75-61(57-71-62(66)53-50-47-44-41-38-36-33-31-28-26-23-20-17-14-11-8-5-2)59-73-76(69,70)72-58-60(56-65)74-63(67)54-51-48-45-42-39-35-24-21-18-15-12-9-6-3/h7,10,16,19,25,27,30,32,37,40,60-61,65H,4-6,8-9,11-15,17-18,20-24,26,28-29,31,33-36,38-39,41-59H2,1-3H3,(H,69,70)/b10-7-,19-16-,27-25-,32-30-,40-37-. The minimum absolute atomic E-state index is 0.130. The maximum Gasteiger partial charge on any atom is 0.472 e. The van der Waals surface area contributed by atoms with E-state index < -0.39 is 57.8 Å². The quantitative estimate of drug-likeness (QED) is 0.0197. The summed E-state index contributed by atoms with van der Waals surface area (Å²) in [5.74, 6) is -1.48. The summed E-state index contributed by atoms with van der Waals surface area (Å²) >= 11 is 0. The lowest BCUT2D eigenvalue weighted by atomic mass is 10.0. The van der Waals surface area contributed by atoms with Gasteiger partial charge in [-0.1, -0.05) is 268 Å². The molecule has 0 aliphatic heterocycles. The maximum absolute atomic E-state index is 12.9. The minimum Gasteiger partial charge on any atom is -0.462 e. The van der Waals surface area contributed by atoms with Gasteiger partial charge in [-0.3, -0.25) is 23.4 Å². The van der Waals surface area contributed by atoms with Gasteiger partial charge in [0.1, 0.15) is 12.7 Å². The third-order valence-corrected chi connectivity index (χ3v) is 14.4. The second-order valence-corrected chi connectivity index (χ2v) is 22.3. The number of rotatable bonds is 58. The smallest absolute Gasteiger partial charge is 0.462 e. The Morgan fingerprint density at radius 3 is 1.05 bits per heavy atom. The number of aliphatic hydroxyl groups is 1. The van der Waals surface area contributed by atoms with Gasteiger partial charge in [0.15, 0.2) is 6.10 Å². The van der Waals surface area contributed by atoms with Gasteiger partial charge in [-0.25, -0.2) is 4.57 Å². The van der Waals surface area contributed by atoms with Crippen molar-refractivity contribution in [2.24, 2.45) is 0 Å². The number of phosphoric ester groups is 1. The molecule has 3 unspecified atom stereocenters. The molecule has 2 N–H and O–H groups in total. The summed E-state index contributed by atoms with van der Waals surface area (Å²) in [6.07, 6.45) is 64.6. The molecule has 0 fully saturated rings. The largest absolute Gasteiger partial charge is 0.472 e. The van der Waals surface area contributed by atoms with E-state index in [1.165, 1.54) is 141 Å². The fourth-order valence-electron chi connectivity index (χ4n) is 8.74. The zero-order valence-electron chi connectivity index (χ0n) is 49.0. The number of carbonyl (C=O) groups is 3. The number of hydrogen-bond acceptors (Lipinski definition) is 10. The molecule has 0 aromatic rings. The average Bonchev–Trinajstić information content (AvgIpc) is 3.41. The molecular formula is C64H115O11P. The molecule has 0 aromatic carbocycles. The zero-order valence-corrected chi connectivity index (χ0v) is 49.9. The average molecular weight is 1090 g/mol. The first kappa shape index (κ1) is 73.2. The van der Waals surface area contributed by atoms with Crippen molar-refractivity contribution in [3.63, 3.8) is 0 Å². The highest BCUT2D eigenvalue weighted by Gasteiger charge is 2.28. The summed E-state index contributed by atoms with van der Waals surface area (Å²) in [6.45, 7) is 4.54. The molecule has 0 aliphatic carbocycles. The summed E-state index contributed by atoms with van der Waals surface area (Å²) < 4.78 is 39.6. The van der Waals surface area contributed by atoms with Crippen LogP contribution in [0.3, 0.4) is 0 Å². The molecule has 442 valence electrons. The number of unbranched alkanes of at least 4 members (excludes halogenated alkanes) is 31. The Morgan fingerprint density at radius 1 is 0.382 bits per heavy atom. The van der Waals surface area contributed by atoms with Gasteiger partial charge in [0.2, 0.25) is 0 Å². The van der Waals surface area contributed by atoms with Crippen molar-refractivity contribution in [2.45, 2.75) is 303 Å². The Hall–Kier alpha value is -2.82. The van der Waals surface area contributed by atoms with Crippen LogP contribution in [0.25, 0.3) is 0 Å². The SMILES string of the molecule is CC/C=C\C/C=C\C/C=C\C/C=C\C/C=C\CCCCCC(=O)OC(COC(=O)CCCCCCCCCCCCCCCCCCC)COP(=O)(O)OCC(CO)OC(=O)CCCCCCCCCCCCCCC. The lowest BCUT2D eigenvalue weighted by molar-refractivity contribution is -0.161. The van der Waals surface area contributed by atoms with E-state index in [4.69, 9.17) is 23.3 Å². The number of esters is 3. The molecule has 0 aromatic heterocycles. The van der Waals surface area contributed by atoms with Crippen molar-refractivity contribution in [1.82, 2.24) is 0 Å². The third-order valence-electron chi connectivity index (χ3n) is 13.5. The molecule has 0 aliphatic rings. The van der Waals surface area contributed by atoms with Gasteiger partial charge in [0.25, 0.3) is 0 Å². The Balaban J connectivity index is 4.75. The molecule has 0 saturated carbocycles. The van der Waals surface area contributed by atoms with Crippen molar-refractivity contribution in [1.29, 1.82) is 0 Å². The van der Waals surface area contributed by atoms with E-state index in [2.05, 4.69) is 81.5 Å². The van der Waals surface area contributed by atoms with E-state index in [1.807, 2.05) is 0 Å². The van der Waals surface area contributed by atoms with Gasteiger partial charge in [0, 0.05) is 19.3 Å². The highest BCUT2D eigenvalue weighted by molar-refractivity contribution is 7.47. The highest BCUT2D eigenvalue weighted by atomic mass is 31.2. The third kappa shape index (κ3) is 55.9. The first-order valence-corrected chi connectivity index (χ1v) is 32.7. The predicted octanol–water partition coefficient (Wildman–Crippen LogP) is 18.7. The van der Waals surface area contributed by atoms with Gasteiger partial charge in [0.05, 0.1) is 19.8 Å². The number of carbonyl (C=O) groups excluding carboxylic acids is 3. The topological polar surface area (TPSA) is 155 Å². The first-order valence-electron chi connectivity index (χ1n) is 31.2. The number of aliphatic hydroxyl groups excluding tert-OH is 1.